The highest BCUT2D eigenvalue weighted by atomic mass is 19.3. The van der Waals surface area contributed by atoms with Crippen molar-refractivity contribution >= 4 is 5.95 Å². The SMILES string of the molecule is C=C(C)C[C@@H](C)c1ccc(O[C@@H]2CCN(c3ncc(OC[C@H]4CC4(F)F)cn3)C2)cc1. The van der Waals surface area contributed by atoms with Gasteiger partial charge in [-0.05, 0) is 37.0 Å². The molecule has 5 nitrogen and oxygen atoms in total. The Labute approximate surface area is 182 Å². The van der Waals surface area contributed by atoms with E-state index >= 15 is 0 Å². The zero-order valence-corrected chi connectivity index (χ0v) is 18.1. The van der Waals surface area contributed by atoms with Crippen LogP contribution < -0.4 is 14.4 Å². The summed E-state index contributed by atoms with van der Waals surface area (Å²) in [5, 5.41) is 0. The third kappa shape index (κ3) is 5.51. The van der Waals surface area contributed by atoms with Crippen molar-refractivity contribution in [3.63, 3.8) is 0 Å². The number of hydrogen-bond donors (Lipinski definition) is 0. The number of aromatic nitrogens is 2. The highest BCUT2D eigenvalue weighted by Gasteiger charge is 2.57. The fraction of sp³-hybridized carbons (Fsp3) is 0.500. The standard InChI is InChI=1S/C24H29F2N3O2/c1-16(2)10-17(3)18-4-6-20(7-5-18)31-21-8-9-29(14-21)23-27-12-22(13-28-23)30-15-19-11-24(19,25)26/h4-7,12-13,17,19,21H,1,8-11,14-15H2,2-3H3/t17-,19-,21-/m1/s1. The zero-order chi connectivity index (χ0) is 22.0. The van der Waals surface area contributed by atoms with E-state index in [2.05, 4.69) is 47.4 Å². The molecule has 0 N–H and O–H groups in total. The van der Waals surface area contributed by atoms with Crippen LogP contribution in [-0.2, 0) is 0 Å². The summed E-state index contributed by atoms with van der Waals surface area (Å²) in [4.78, 5) is 10.7. The van der Waals surface area contributed by atoms with Gasteiger partial charge in [0, 0.05) is 19.4 Å². The first-order valence-corrected chi connectivity index (χ1v) is 10.8. The number of allylic oxidation sites excluding steroid dienone is 1. The molecular weight excluding hydrogens is 400 g/mol. The Balaban J connectivity index is 1.26. The molecule has 0 bridgehead atoms. The summed E-state index contributed by atoms with van der Waals surface area (Å²) in [5.41, 5.74) is 2.47. The highest BCUT2D eigenvalue weighted by molar-refractivity contribution is 5.34. The number of ether oxygens (including phenoxy) is 2. The molecule has 31 heavy (non-hydrogen) atoms. The highest BCUT2D eigenvalue weighted by Crippen LogP contribution is 2.48. The molecule has 3 atom stereocenters. The van der Waals surface area contributed by atoms with Gasteiger partial charge in [0.1, 0.15) is 11.9 Å². The summed E-state index contributed by atoms with van der Waals surface area (Å²) in [6, 6.07) is 8.29. The Hall–Kier alpha value is -2.70. The van der Waals surface area contributed by atoms with Gasteiger partial charge in [0.2, 0.25) is 5.95 Å². The van der Waals surface area contributed by atoms with Crippen LogP contribution in [0.25, 0.3) is 0 Å². The van der Waals surface area contributed by atoms with Crippen molar-refractivity contribution < 1.29 is 18.3 Å². The Bertz CT molecular complexity index is 902. The van der Waals surface area contributed by atoms with Crippen molar-refractivity contribution in [2.24, 2.45) is 5.92 Å². The van der Waals surface area contributed by atoms with E-state index in [0.29, 0.717) is 24.2 Å². The summed E-state index contributed by atoms with van der Waals surface area (Å²) >= 11 is 0. The molecule has 0 unspecified atom stereocenters. The van der Waals surface area contributed by atoms with Crippen LogP contribution in [0.1, 0.15) is 44.6 Å². The Morgan fingerprint density at radius 1 is 1.23 bits per heavy atom. The second-order valence-corrected chi connectivity index (χ2v) is 8.80. The molecule has 2 aliphatic rings. The molecule has 7 heteroatoms. The second-order valence-electron chi connectivity index (χ2n) is 8.80. The molecule has 166 valence electrons. The van der Waals surface area contributed by atoms with E-state index in [4.69, 9.17) is 9.47 Å². The fourth-order valence-electron chi connectivity index (χ4n) is 3.91. The number of hydrogen-bond acceptors (Lipinski definition) is 5. The van der Waals surface area contributed by atoms with E-state index < -0.39 is 11.8 Å². The maximum atomic E-state index is 12.9. The minimum absolute atomic E-state index is 0.0000985. The molecule has 2 aromatic rings. The summed E-state index contributed by atoms with van der Waals surface area (Å²) in [6.45, 7) is 9.75. The van der Waals surface area contributed by atoms with Crippen LogP contribution in [0.2, 0.25) is 0 Å². The normalized spacial score (nSPS) is 22.8. The summed E-state index contributed by atoms with van der Waals surface area (Å²) < 4.78 is 37.4. The third-order valence-corrected chi connectivity index (χ3v) is 5.86. The minimum atomic E-state index is -2.57. The van der Waals surface area contributed by atoms with Crippen LogP contribution >= 0.6 is 0 Å². The van der Waals surface area contributed by atoms with E-state index in [1.807, 2.05) is 12.1 Å². The Morgan fingerprint density at radius 2 is 1.90 bits per heavy atom. The van der Waals surface area contributed by atoms with Gasteiger partial charge in [0.15, 0.2) is 5.75 Å². The maximum absolute atomic E-state index is 12.9. The van der Waals surface area contributed by atoms with E-state index in [0.717, 1.165) is 25.1 Å². The molecule has 1 aromatic heterocycles. The summed E-state index contributed by atoms with van der Waals surface area (Å²) in [6.07, 6.45) is 4.91. The molecule has 4 rings (SSSR count). The number of nitrogens with zero attached hydrogens (tertiary/aromatic N) is 3. The quantitative estimate of drug-likeness (QED) is 0.510. The number of alkyl halides is 2. The minimum Gasteiger partial charge on any atom is -0.490 e. The predicted molar refractivity (Wildman–Crippen MR) is 116 cm³/mol. The lowest BCUT2D eigenvalue weighted by Gasteiger charge is -2.18. The molecule has 0 amide bonds. The van der Waals surface area contributed by atoms with Crippen LogP contribution in [0.15, 0.2) is 48.8 Å². The molecule has 2 heterocycles. The van der Waals surface area contributed by atoms with Gasteiger partial charge in [-0.1, -0.05) is 24.6 Å². The van der Waals surface area contributed by atoms with Gasteiger partial charge in [-0.2, -0.15) is 0 Å². The van der Waals surface area contributed by atoms with Crippen molar-refractivity contribution in [1.29, 1.82) is 0 Å². The third-order valence-electron chi connectivity index (χ3n) is 5.86. The number of benzene rings is 1. The van der Waals surface area contributed by atoms with Crippen LogP contribution in [-0.4, -0.2) is 41.7 Å². The molecule has 1 aliphatic heterocycles. The average Bonchev–Trinajstić information content (AvgIpc) is 3.11. The lowest BCUT2D eigenvalue weighted by Crippen LogP contribution is -2.26. The summed E-state index contributed by atoms with van der Waals surface area (Å²) in [7, 11) is 0. The monoisotopic (exact) mass is 429 g/mol. The van der Waals surface area contributed by atoms with E-state index in [1.54, 1.807) is 12.4 Å². The van der Waals surface area contributed by atoms with Crippen molar-refractivity contribution in [1.82, 2.24) is 9.97 Å². The van der Waals surface area contributed by atoms with Gasteiger partial charge in [-0.15, -0.1) is 6.58 Å². The van der Waals surface area contributed by atoms with E-state index in [9.17, 15) is 8.78 Å². The maximum Gasteiger partial charge on any atom is 0.255 e. The zero-order valence-electron chi connectivity index (χ0n) is 18.1. The second kappa shape index (κ2) is 8.81. The number of anilines is 1. The smallest absolute Gasteiger partial charge is 0.255 e. The van der Waals surface area contributed by atoms with Gasteiger partial charge < -0.3 is 14.4 Å². The largest absolute Gasteiger partial charge is 0.490 e. The van der Waals surface area contributed by atoms with Gasteiger partial charge in [-0.3, -0.25) is 0 Å². The van der Waals surface area contributed by atoms with Crippen molar-refractivity contribution in [3.8, 4) is 11.5 Å². The first-order valence-electron chi connectivity index (χ1n) is 10.8. The van der Waals surface area contributed by atoms with Crippen molar-refractivity contribution in [3.05, 3.63) is 54.4 Å². The first-order chi connectivity index (χ1) is 14.8. The molecule has 1 saturated carbocycles. The van der Waals surface area contributed by atoms with Crippen LogP contribution in [0.3, 0.4) is 0 Å². The van der Waals surface area contributed by atoms with Gasteiger partial charge >= 0.3 is 0 Å². The van der Waals surface area contributed by atoms with E-state index in [-0.39, 0.29) is 19.1 Å². The van der Waals surface area contributed by atoms with Gasteiger partial charge in [0.25, 0.3) is 5.92 Å². The fourth-order valence-corrected chi connectivity index (χ4v) is 3.91. The van der Waals surface area contributed by atoms with Gasteiger partial charge in [0.05, 0.1) is 31.5 Å². The molecule has 1 aromatic carbocycles. The average molecular weight is 430 g/mol. The van der Waals surface area contributed by atoms with Crippen LogP contribution in [0.5, 0.6) is 11.5 Å². The molecule has 1 aliphatic carbocycles. The summed E-state index contributed by atoms with van der Waals surface area (Å²) in [5.74, 6) is -0.946. The van der Waals surface area contributed by atoms with Crippen LogP contribution in [0, 0.1) is 5.92 Å². The van der Waals surface area contributed by atoms with Crippen molar-refractivity contribution in [2.45, 2.75) is 51.1 Å². The first kappa shape index (κ1) is 21.5. The Morgan fingerprint density at radius 3 is 2.52 bits per heavy atom. The Kier molecular flexibility index (Phi) is 6.12. The van der Waals surface area contributed by atoms with Crippen LogP contribution in [0.4, 0.5) is 14.7 Å². The number of halogens is 2. The number of rotatable bonds is 9. The van der Waals surface area contributed by atoms with Gasteiger partial charge in [-0.25, -0.2) is 18.7 Å². The molecule has 1 saturated heterocycles. The molecule has 0 spiro atoms. The molecule has 0 radical (unpaired) electrons. The van der Waals surface area contributed by atoms with E-state index in [1.165, 1.54) is 11.1 Å². The topological polar surface area (TPSA) is 47.5 Å². The lowest BCUT2D eigenvalue weighted by atomic mass is 9.95. The predicted octanol–water partition coefficient (Wildman–Crippen LogP) is 5.24. The van der Waals surface area contributed by atoms with Crippen molar-refractivity contribution in [2.75, 3.05) is 24.6 Å². The lowest BCUT2D eigenvalue weighted by molar-refractivity contribution is 0.0855. The molecular formula is C24H29F2N3O2. The molecule has 2 fully saturated rings.